The first-order valence-corrected chi connectivity index (χ1v) is 7.45. The van der Waals surface area contributed by atoms with E-state index in [1.807, 2.05) is 24.3 Å². The Morgan fingerprint density at radius 2 is 1.86 bits per heavy atom. The van der Waals surface area contributed by atoms with E-state index < -0.39 is 5.60 Å². The highest BCUT2D eigenvalue weighted by Gasteiger charge is 2.34. The number of nitrogens with zero attached hydrogens (tertiary/aromatic N) is 3. The molecule has 22 heavy (non-hydrogen) atoms. The van der Waals surface area contributed by atoms with E-state index in [9.17, 15) is 9.50 Å². The SMILES string of the molecule is OC(Cn1cncn1)(c1ccc(F)cc1)c1ccccc1Br. The molecule has 2 aromatic carbocycles. The van der Waals surface area contributed by atoms with Crippen molar-refractivity contribution in [3.05, 3.63) is 82.6 Å². The van der Waals surface area contributed by atoms with Gasteiger partial charge >= 0.3 is 0 Å². The predicted molar refractivity (Wildman–Crippen MR) is 83.6 cm³/mol. The largest absolute Gasteiger partial charge is 0.378 e. The van der Waals surface area contributed by atoms with Crippen LogP contribution in [0.2, 0.25) is 0 Å². The number of hydrogen-bond acceptors (Lipinski definition) is 3. The van der Waals surface area contributed by atoms with Crippen LogP contribution in [0.5, 0.6) is 0 Å². The second-order valence-electron chi connectivity index (χ2n) is 4.94. The second kappa shape index (κ2) is 5.98. The summed E-state index contributed by atoms with van der Waals surface area (Å²) >= 11 is 3.47. The highest BCUT2D eigenvalue weighted by Crippen LogP contribution is 2.35. The van der Waals surface area contributed by atoms with Crippen molar-refractivity contribution in [2.24, 2.45) is 0 Å². The van der Waals surface area contributed by atoms with Crippen molar-refractivity contribution in [3.8, 4) is 0 Å². The Kier molecular flexibility index (Phi) is 4.04. The number of aliphatic hydroxyl groups is 1. The molecule has 1 heterocycles. The molecular weight excluding hydrogens is 349 g/mol. The number of benzene rings is 2. The fraction of sp³-hybridized carbons (Fsp3) is 0.125. The summed E-state index contributed by atoms with van der Waals surface area (Å²) in [5.41, 5.74) is -0.102. The van der Waals surface area contributed by atoms with Gasteiger partial charge in [0.15, 0.2) is 0 Å². The zero-order chi connectivity index (χ0) is 15.6. The molecule has 6 heteroatoms. The molecule has 1 aromatic heterocycles. The first-order valence-electron chi connectivity index (χ1n) is 6.65. The van der Waals surface area contributed by atoms with Crippen molar-refractivity contribution >= 4 is 15.9 Å². The molecule has 0 bridgehead atoms. The van der Waals surface area contributed by atoms with E-state index in [0.717, 1.165) is 4.47 Å². The van der Waals surface area contributed by atoms with Crippen LogP contribution in [0.15, 0.2) is 65.7 Å². The van der Waals surface area contributed by atoms with Crippen molar-refractivity contribution in [1.82, 2.24) is 14.8 Å². The third-order valence-electron chi connectivity index (χ3n) is 3.50. The maximum atomic E-state index is 13.2. The molecule has 0 fully saturated rings. The Hall–Kier alpha value is -2.05. The van der Waals surface area contributed by atoms with Crippen LogP contribution in [-0.2, 0) is 12.1 Å². The van der Waals surface area contributed by atoms with E-state index in [-0.39, 0.29) is 12.4 Å². The molecule has 1 N–H and O–H groups in total. The molecule has 0 aliphatic carbocycles. The lowest BCUT2D eigenvalue weighted by atomic mass is 9.86. The van der Waals surface area contributed by atoms with E-state index in [2.05, 4.69) is 26.0 Å². The molecule has 4 nitrogen and oxygen atoms in total. The lowest BCUT2D eigenvalue weighted by Gasteiger charge is -2.30. The molecule has 3 rings (SSSR count). The molecule has 0 radical (unpaired) electrons. The van der Waals surface area contributed by atoms with E-state index in [1.165, 1.54) is 24.8 Å². The highest BCUT2D eigenvalue weighted by atomic mass is 79.9. The van der Waals surface area contributed by atoms with Gasteiger partial charge in [0.1, 0.15) is 24.1 Å². The summed E-state index contributed by atoms with van der Waals surface area (Å²) in [6, 6.07) is 13.2. The Bertz CT molecular complexity index is 761. The number of halogens is 2. The van der Waals surface area contributed by atoms with Gasteiger partial charge in [-0.3, -0.25) is 0 Å². The monoisotopic (exact) mass is 361 g/mol. The van der Waals surface area contributed by atoms with Gasteiger partial charge in [0.2, 0.25) is 0 Å². The maximum absolute atomic E-state index is 13.2. The van der Waals surface area contributed by atoms with Gasteiger partial charge in [-0.2, -0.15) is 5.10 Å². The Labute approximate surface area is 135 Å². The van der Waals surface area contributed by atoms with Crippen LogP contribution in [-0.4, -0.2) is 19.9 Å². The Balaban J connectivity index is 2.13. The number of aromatic nitrogens is 3. The minimum atomic E-state index is -1.36. The lowest BCUT2D eigenvalue weighted by molar-refractivity contribution is 0.0564. The fourth-order valence-electron chi connectivity index (χ4n) is 2.40. The molecule has 0 saturated heterocycles. The molecule has 0 amide bonds. The van der Waals surface area contributed by atoms with Crippen molar-refractivity contribution < 1.29 is 9.50 Å². The molecule has 112 valence electrons. The van der Waals surface area contributed by atoms with Crippen molar-refractivity contribution in [1.29, 1.82) is 0 Å². The topological polar surface area (TPSA) is 50.9 Å². The zero-order valence-corrected chi connectivity index (χ0v) is 13.1. The summed E-state index contributed by atoms with van der Waals surface area (Å²) in [4.78, 5) is 3.90. The average molecular weight is 362 g/mol. The van der Waals surface area contributed by atoms with Gasteiger partial charge in [-0.1, -0.05) is 46.3 Å². The zero-order valence-electron chi connectivity index (χ0n) is 11.5. The van der Waals surface area contributed by atoms with Crippen molar-refractivity contribution in [2.45, 2.75) is 12.1 Å². The van der Waals surface area contributed by atoms with Crippen LogP contribution in [0.4, 0.5) is 4.39 Å². The summed E-state index contributed by atoms with van der Waals surface area (Å²) in [5, 5.41) is 15.4. The summed E-state index contributed by atoms with van der Waals surface area (Å²) in [6.07, 6.45) is 2.94. The normalized spacial score (nSPS) is 13.8. The Morgan fingerprint density at radius 3 is 2.50 bits per heavy atom. The van der Waals surface area contributed by atoms with Gasteiger partial charge in [-0.05, 0) is 23.8 Å². The van der Waals surface area contributed by atoms with Gasteiger partial charge in [-0.15, -0.1) is 0 Å². The van der Waals surface area contributed by atoms with Crippen LogP contribution in [0.1, 0.15) is 11.1 Å². The van der Waals surface area contributed by atoms with Gasteiger partial charge in [0.05, 0.1) is 6.54 Å². The van der Waals surface area contributed by atoms with Crippen LogP contribution in [0, 0.1) is 5.82 Å². The molecule has 1 atom stereocenters. The maximum Gasteiger partial charge on any atom is 0.137 e. The van der Waals surface area contributed by atoms with E-state index in [0.29, 0.717) is 11.1 Å². The number of rotatable bonds is 4. The van der Waals surface area contributed by atoms with E-state index in [4.69, 9.17) is 0 Å². The van der Waals surface area contributed by atoms with Gasteiger partial charge in [0.25, 0.3) is 0 Å². The minimum Gasteiger partial charge on any atom is -0.378 e. The van der Waals surface area contributed by atoms with Crippen LogP contribution in [0.25, 0.3) is 0 Å². The van der Waals surface area contributed by atoms with Crippen molar-refractivity contribution in [2.75, 3.05) is 0 Å². The summed E-state index contributed by atoms with van der Waals surface area (Å²) < 4.78 is 15.5. The van der Waals surface area contributed by atoms with Crippen LogP contribution >= 0.6 is 15.9 Å². The first kappa shape index (κ1) is 14.9. The first-order chi connectivity index (χ1) is 10.6. The smallest absolute Gasteiger partial charge is 0.137 e. The molecular formula is C16H13BrFN3O. The standard InChI is InChI=1S/C16H13BrFN3O/c17-15-4-2-1-3-14(15)16(22,9-21-11-19-10-20-21)12-5-7-13(18)8-6-12/h1-8,10-11,22H,9H2. The quantitative estimate of drug-likeness (QED) is 0.776. The van der Waals surface area contributed by atoms with Crippen molar-refractivity contribution in [3.63, 3.8) is 0 Å². The van der Waals surface area contributed by atoms with E-state index >= 15 is 0 Å². The minimum absolute atomic E-state index is 0.168. The lowest BCUT2D eigenvalue weighted by Crippen LogP contribution is -2.33. The summed E-state index contributed by atoms with van der Waals surface area (Å²) in [7, 11) is 0. The summed E-state index contributed by atoms with van der Waals surface area (Å²) in [6.45, 7) is 0.168. The highest BCUT2D eigenvalue weighted by molar-refractivity contribution is 9.10. The molecule has 0 aliphatic rings. The third kappa shape index (κ3) is 2.80. The van der Waals surface area contributed by atoms with Gasteiger partial charge in [-0.25, -0.2) is 14.1 Å². The van der Waals surface area contributed by atoms with Crippen LogP contribution < -0.4 is 0 Å². The fourth-order valence-corrected chi connectivity index (χ4v) is 3.02. The van der Waals surface area contributed by atoms with Gasteiger partial charge < -0.3 is 5.11 Å². The number of hydrogen-bond donors (Lipinski definition) is 1. The molecule has 0 saturated carbocycles. The third-order valence-corrected chi connectivity index (χ3v) is 4.19. The Morgan fingerprint density at radius 1 is 1.14 bits per heavy atom. The second-order valence-corrected chi connectivity index (χ2v) is 5.79. The van der Waals surface area contributed by atoms with Crippen LogP contribution in [0.3, 0.4) is 0 Å². The van der Waals surface area contributed by atoms with E-state index in [1.54, 1.807) is 16.8 Å². The molecule has 0 spiro atoms. The molecule has 1 unspecified atom stereocenters. The molecule has 3 aromatic rings. The molecule has 0 aliphatic heterocycles. The van der Waals surface area contributed by atoms with Gasteiger partial charge in [0, 0.05) is 10.0 Å². The summed E-state index contributed by atoms with van der Waals surface area (Å²) in [5.74, 6) is -0.348. The average Bonchev–Trinajstić information content (AvgIpc) is 3.01. The predicted octanol–water partition coefficient (Wildman–Crippen LogP) is 3.12.